The molecule has 3 rings (SSSR count). The van der Waals surface area contributed by atoms with Crippen molar-refractivity contribution in [1.82, 2.24) is 14.5 Å². The molecule has 0 saturated carbocycles. The van der Waals surface area contributed by atoms with E-state index in [1.807, 2.05) is 0 Å². The predicted octanol–water partition coefficient (Wildman–Crippen LogP) is 1.31. The molecule has 1 unspecified atom stereocenters. The first-order chi connectivity index (χ1) is 19.0. The average molecular weight is 598 g/mol. The molecule has 2 aromatic rings. The van der Waals surface area contributed by atoms with E-state index in [0.717, 1.165) is 11.7 Å². The van der Waals surface area contributed by atoms with Crippen LogP contribution < -0.4 is 5.73 Å². The summed E-state index contributed by atoms with van der Waals surface area (Å²) in [6.07, 6.45) is -7.97. The monoisotopic (exact) mass is 598 g/mol. The minimum atomic E-state index is -4.82. The number of nitrogens with two attached hydrogens (primary N) is 1. The Balaban J connectivity index is 0.000000564. The molecular weight excluding hydrogens is 574 g/mol. The zero-order valence-corrected chi connectivity index (χ0v) is 21.1. The van der Waals surface area contributed by atoms with E-state index >= 15 is 0 Å². The number of rotatable bonds is 8. The van der Waals surface area contributed by atoms with Gasteiger partial charge in [-0.05, 0) is 18.1 Å². The molecule has 18 heteroatoms. The maximum Gasteiger partial charge on any atom is 0.449 e. The number of methoxy groups -OCH3 is 1. The molecule has 0 radical (unpaired) electrons. The van der Waals surface area contributed by atoms with Crippen LogP contribution in [-0.2, 0) is 44.8 Å². The van der Waals surface area contributed by atoms with Crippen LogP contribution in [0.3, 0.4) is 0 Å². The Kier molecular flexibility index (Phi) is 10.8. The van der Waals surface area contributed by atoms with E-state index in [-0.39, 0.29) is 43.7 Å². The van der Waals surface area contributed by atoms with Crippen LogP contribution in [0.2, 0.25) is 0 Å². The molecule has 0 fully saturated rings. The highest BCUT2D eigenvalue weighted by molar-refractivity contribution is 5.89. The number of fused-ring (bicyclic) bond motifs is 1. The van der Waals surface area contributed by atoms with Crippen molar-refractivity contribution in [3.63, 3.8) is 0 Å². The Morgan fingerprint density at radius 2 is 1.66 bits per heavy atom. The van der Waals surface area contributed by atoms with Crippen molar-refractivity contribution in [1.29, 1.82) is 0 Å². The molecule has 2 atom stereocenters. The van der Waals surface area contributed by atoms with Crippen LogP contribution in [0.15, 0.2) is 12.1 Å². The summed E-state index contributed by atoms with van der Waals surface area (Å²) in [5.74, 6) is -9.41. The van der Waals surface area contributed by atoms with Crippen LogP contribution in [0.4, 0.5) is 26.3 Å². The van der Waals surface area contributed by atoms with Crippen molar-refractivity contribution in [2.75, 3.05) is 13.7 Å². The van der Waals surface area contributed by atoms with Gasteiger partial charge in [0.05, 0.1) is 25.8 Å². The normalized spacial score (nSPS) is 14.3. The summed E-state index contributed by atoms with van der Waals surface area (Å²) in [5.41, 5.74) is 4.95. The highest BCUT2D eigenvalue weighted by Crippen LogP contribution is 2.32. The van der Waals surface area contributed by atoms with Crippen molar-refractivity contribution < 1.29 is 65.6 Å². The number of imidazole rings is 1. The van der Waals surface area contributed by atoms with E-state index in [2.05, 4.69) is 9.72 Å². The van der Waals surface area contributed by atoms with Gasteiger partial charge < -0.3 is 35.3 Å². The second-order valence-electron chi connectivity index (χ2n) is 8.66. The highest BCUT2D eigenvalue weighted by Gasteiger charge is 2.42. The number of hydrogen-bond donors (Lipinski definition) is 4. The largest absolute Gasteiger partial charge is 0.481 e. The Bertz CT molecular complexity index is 1320. The number of aliphatic hydroxyl groups excluding tert-OH is 1. The molecule has 41 heavy (non-hydrogen) atoms. The van der Waals surface area contributed by atoms with Crippen LogP contribution in [-0.4, -0.2) is 79.4 Å². The number of esters is 1. The predicted molar refractivity (Wildman–Crippen MR) is 122 cm³/mol. The first-order valence-corrected chi connectivity index (χ1v) is 11.5. The number of benzene rings is 1. The van der Waals surface area contributed by atoms with Crippen molar-refractivity contribution in [2.45, 2.75) is 50.7 Å². The number of amides is 1. The second kappa shape index (κ2) is 13.4. The van der Waals surface area contributed by atoms with Crippen LogP contribution in [0.1, 0.15) is 40.4 Å². The molecule has 0 saturated heterocycles. The lowest BCUT2D eigenvalue weighted by molar-refractivity contribution is -0.152. The first-order valence-electron chi connectivity index (χ1n) is 11.5. The van der Waals surface area contributed by atoms with Gasteiger partial charge in [-0.2, -0.15) is 13.2 Å². The highest BCUT2D eigenvalue weighted by atomic mass is 19.4. The molecule has 1 amide bonds. The number of aliphatic hydroxyl groups is 1. The average Bonchev–Trinajstić information content (AvgIpc) is 3.26. The first kappa shape index (κ1) is 33.0. The van der Waals surface area contributed by atoms with Gasteiger partial charge in [0.2, 0.25) is 11.7 Å². The summed E-state index contributed by atoms with van der Waals surface area (Å²) in [5, 5.41) is 24.1. The van der Waals surface area contributed by atoms with E-state index in [9.17, 15) is 45.5 Å². The molecule has 5 N–H and O–H groups in total. The van der Waals surface area contributed by atoms with Gasteiger partial charge in [0.15, 0.2) is 23.4 Å². The summed E-state index contributed by atoms with van der Waals surface area (Å²) in [6.45, 7) is -0.732. The summed E-state index contributed by atoms with van der Waals surface area (Å²) < 4.78 is 85.3. The van der Waals surface area contributed by atoms with Crippen molar-refractivity contribution >= 4 is 23.8 Å². The van der Waals surface area contributed by atoms with Crippen molar-refractivity contribution in [2.24, 2.45) is 5.73 Å². The number of hydrogen-bond acceptors (Lipinski definition) is 8. The summed E-state index contributed by atoms with van der Waals surface area (Å²) in [6, 6.07) is 0.0485. The van der Waals surface area contributed by atoms with Gasteiger partial charge in [0, 0.05) is 31.6 Å². The van der Waals surface area contributed by atoms with Crippen LogP contribution >= 0.6 is 0 Å². The molecule has 1 aromatic heterocycles. The van der Waals surface area contributed by atoms with Gasteiger partial charge in [-0.15, -0.1) is 0 Å². The third-order valence-electron chi connectivity index (χ3n) is 5.65. The lowest BCUT2D eigenvalue weighted by atomic mass is 10.0. The fourth-order valence-corrected chi connectivity index (χ4v) is 3.74. The molecule has 0 aliphatic carbocycles. The van der Waals surface area contributed by atoms with E-state index < -0.39 is 77.5 Å². The molecule has 0 spiro atoms. The standard InChI is InChI=1S/C19H18F6N4O3.C4H6O5/c1-32-17(31)16-14-8-28(2-3-29(14)18(27-16)19(23,24)25)15(30)6-10(26)4-9-5-12(21)13(22)7-11(9)20;5-2(4(8)9)1-3(6)7/h5,7,10H,2-4,6,8,26H2,1H3;2,5H,1H2,(H,6,7)(H,8,9)/t10-;/m1./s1. The molecule has 12 nitrogen and oxygen atoms in total. The number of carboxylic acid groups (broad SMARTS) is 2. The van der Waals surface area contributed by atoms with Gasteiger partial charge >= 0.3 is 24.1 Å². The number of halogens is 6. The number of carboxylic acids is 2. The third-order valence-corrected chi connectivity index (χ3v) is 5.65. The number of aromatic nitrogens is 2. The second-order valence-corrected chi connectivity index (χ2v) is 8.66. The van der Waals surface area contributed by atoms with Gasteiger partial charge in [0.1, 0.15) is 5.82 Å². The SMILES string of the molecule is COC(=O)c1nc(C(F)(F)F)n2c1CN(C(=O)C[C@H](N)Cc1cc(F)c(F)cc1F)CC2.O=C(O)CC(O)C(=O)O. The van der Waals surface area contributed by atoms with E-state index in [4.69, 9.17) is 21.1 Å². The summed E-state index contributed by atoms with van der Waals surface area (Å²) in [4.78, 5) is 48.5. The number of carbonyl (C=O) groups excluding carboxylic acids is 2. The van der Waals surface area contributed by atoms with E-state index in [0.29, 0.717) is 12.1 Å². The van der Waals surface area contributed by atoms with Crippen LogP contribution in [0.5, 0.6) is 0 Å². The molecular formula is C23H24F6N4O8. The molecule has 1 aromatic carbocycles. The third kappa shape index (κ3) is 8.65. The summed E-state index contributed by atoms with van der Waals surface area (Å²) in [7, 11) is 0.990. The maximum atomic E-state index is 13.8. The molecule has 1 aliphatic rings. The maximum absolute atomic E-state index is 13.8. The quantitative estimate of drug-likeness (QED) is 0.196. The van der Waals surface area contributed by atoms with Gasteiger partial charge in [-0.25, -0.2) is 27.7 Å². The Labute approximate surface area is 226 Å². The zero-order chi connectivity index (χ0) is 31.2. The van der Waals surface area contributed by atoms with Gasteiger partial charge in [0.25, 0.3) is 0 Å². The van der Waals surface area contributed by atoms with Crippen LogP contribution in [0.25, 0.3) is 0 Å². The Hall–Kier alpha value is -4.19. The fraction of sp³-hybridized carbons (Fsp3) is 0.435. The smallest absolute Gasteiger partial charge is 0.449 e. The molecule has 1 aliphatic heterocycles. The fourth-order valence-electron chi connectivity index (χ4n) is 3.74. The molecule has 0 bridgehead atoms. The van der Waals surface area contributed by atoms with Gasteiger partial charge in [-0.1, -0.05) is 0 Å². The van der Waals surface area contributed by atoms with Crippen LogP contribution in [0, 0.1) is 17.5 Å². The number of ether oxygens (including phenoxy) is 1. The topological polar surface area (TPSA) is 185 Å². The number of carbonyl (C=O) groups is 4. The minimum Gasteiger partial charge on any atom is -0.481 e. The van der Waals surface area contributed by atoms with E-state index in [1.165, 1.54) is 4.90 Å². The van der Waals surface area contributed by atoms with Gasteiger partial charge in [-0.3, -0.25) is 9.59 Å². The minimum absolute atomic E-state index is 0.113. The number of alkyl halides is 3. The Morgan fingerprint density at radius 3 is 2.17 bits per heavy atom. The van der Waals surface area contributed by atoms with Crippen molar-refractivity contribution in [3.8, 4) is 0 Å². The van der Waals surface area contributed by atoms with Crippen molar-refractivity contribution in [3.05, 3.63) is 52.4 Å². The number of aliphatic carboxylic acids is 2. The lowest BCUT2D eigenvalue weighted by Crippen LogP contribution is -2.42. The summed E-state index contributed by atoms with van der Waals surface area (Å²) >= 11 is 0. The molecule has 2 heterocycles. The Morgan fingerprint density at radius 1 is 1.05 bits per heavy atom. The number of nitrogens with zero attached hydrogens (tertiary/aromatic N) is 3. The zero-order valence-electron chi connectivity index (χ0n) is 21.1. The molecule has 226 valence electrons. The lowest BCUT2D eigenvalue weighted by Gasteiger charge is -2.30. The van der Waals surface area contributed by atoms with E-state index in [1.54, 1.807) is 0 Å².